The first kappa shape index (κ1) is 17.8. The Labute approximate surface area is 152 Å². The van der Waals surface area contributed by atoms with Gasteiger partial charge >= 0.3 is 0 Å². The number of amides is 2. The normalized spacial score (nSPS) is 16.7. The Morgan fingerprint density at radius 1 is 1.04 bits per heavy atom. The van der Waals surface area contributed by atoms with Crippen LogP contribution in [-0.4, -0.2) is 43.5 Å². The lowest BCUT2D eigenvalue weighted by molar-refractivity contribution is -0.138. The number of benzene rings is 2. The molecule has 0 radical (unpaired) electrons. The topological polar surface area (TPSA) is 67.9 Å². The maximum absolute atomic E-state index is 12.6. The summed E-state index contributed by atoms with van der Waals surface area (Å²) in [6, 6.07) is 14.5. The fourth-order valence-corrected chi connectivity index (χ4v) is 3.04. The predicted molar refractivity (Wildman–Crippen MR) is 98.4 cm³/mol. The third kappa shape index (κ3) is 3.79. The van der Waals surface area contributed by atoms with Gasteiger partial charge in [0.1, 0.15) is 6.04 Å². The molecule has 0 unspecified atom stereocenters. The van der Waals surface area contributed by atoms with E-state index in [-0.39, 0.29) is 18.2 Å². The fourth-order valence-electron chi connectivity index (χ4n) is 3.04. The van der Waals surface area contributed by atoms with Crippen molar-refractivity contribution in [2.45, 2.75) is 18.9 Å². The molecule has 3 rings (SSSR count). The minimum Gasteiger partial charge on any atom is -0.493 e. The van der Waals surface area contributed by atoms with Crippen LogP contribution < -0.4 is 14.8 Å². The van der Waals surface area contributed by atoms with Crippen molar-refractivity contribution in [3.8, 4) is 11.5 Å². The Kier molecular flexibility index (Phi) is 5.41. The molecule has 6 heteroatoms. The van der Waals surface area contributed by atoms with Crippen molar-refractivity contribution < 1.29 is 19.1 Å². The Morgan fingerprint density at radius 3 is 2.46 bits per heavy atom. The number of nitrogens with one attached hydrogen (secondary N) is 1. The predicted octanol–water partition coefficient (Wildman–Crippen LogP) is 2.49. The van der Waals surface area contributed by atoms with Crippen LogP contribution in [0.1, 0.15) is 12.0 Å². The average molecular weight is 354 g/mol. The number of hydrogen-bond acceptors (Lipinski definition) is 5. The monoisotopic (exact) mass is 354 g/mol. The standard InChI is InChI=1S/C20H22N2O4/c1-25-17-9-8-14(12-18(17)26-2)10-11-22-19(23)13-16(20(22)24)21-15-6-4-3-5-7-15/h3-9,12,16,21H,10-11,13H2,1-2H3/t16-/m1/s1. The Hall–Kier alpha value is -3.02. The molecule has 26 heavy (non-hydrogen) atoms. The van der Waals surface area contributed by atoms with Crippen LogP contribution in [0, 0.1) is 0 Å². The summed E-state index contributed by atoms with van der Waals surface area (Å²) in [6.45, 7) is 0.347. The second kappa shape index (κ2) is 7.91. The molecular weight excluding hydrogens is 332 g/mol. The third-order valence-corrected chi connectivity index (χ3v) is 4.43. The molecule has 0 spiro atoms. The zero-order chi connectivity index (χ0) is 18.5. The Bertz CT molecular complexity index is 792. The minimum atomic E-state index is -0.504. The van der Waals surface area contributed by atoms with Gasteiger partial charge in [-0.2, -0.15) is 0 Å². The Balaban J connectivity index is 1.63. The summed E-state index contributed by atoms with van der Waals surface area (Å²) in [5, 5.41) is 3.13. The Morgan fingerprint density at radius 2 is 1.77 bits per heavy atom. The molecule has 1 aliphatic heterocycles. The number of carbonyl (C=O) groups excluding carboxylic acids is 2. The van der Waals surface area contributed by atoms with Gasteiger partial charge in [0.25, 0.3) is 5.91 Å². The molecule has 0 aliphatic carbocycles. The van der Waals surface area contributed by atoms with E-state index < -0.39 is 6.04 Å². The number of hydrogen-bond donors (Lipinski definition) is 1. The SMILES string of the molecule is COc1ccc(CCN2C(=O)C[C@@H](Nc3ccccc3)C2=O)cc1OC. The summed E-state index contributed by atoms with van der Waals surface area (Å²) >= 11 is 0. The summed E-state index contributed by atoms with van der Waals surface area (Å²) in [7, 11) is 3.16. The lowest BCUT2D eigenvalue weighted by atomic mass is 10.1. The van der Waals surface area contributed by atoms with Crippen molar-refractivity contribution in [2.75, 3.05) is 26.1 Å². The molecule has 1 fully saturated rings. The average Bonchev–Trinajstić information content (AvgIpc) is 2.93. The van der Waals surface area contributed by atoms with Gasteiger partial charge in [0.15, 0.2) is 11.5 Å². The summed E-state index contributed by atoms with van der Waals surface area (Å²) in [5.74, 6) is 0.952. The van der Waals surface area contributed by atoms with E-state index in [2.05, 4.69) is 5.32 Å². The van der Waals surface area contributed by atoms with Gasteiger partial charge in [0.05, 0.1) is 20.6 Å². The molecule has 0 bridgehead atoms. The zero-order valence-electron chi connectivity index (χ0n) is 14.9. The largest absolute Gasteiger partial charge is 0.493 e. The molecule has 136 valence electrons. The molecular formula is C20H22N2O4. The van der Waals surface area contributed by atoms with Crippen molar-refractivity contribution in [2.24, 2.45) is 0 Å². The van der Waals surface area contributed by atoms with Crippen molar-refractivity contribution >= 4 is 17.5 Å². The molecule has 6 nitrogen and oxygen atoms in total. The maximum atomic E-state index is 12.6. The lowest BCUT2D eigenvalue weighted by Gasteiger charge is -2.16. The molecule has 1 saturated heterocycles. The summed E-state index contributed by atoms with van der Waals surface area (Å²) in [5.41, 5.74) is 1.81. The summed E-state index contributed by atoms with van der Waals surface area (Å²) < 4.78 is 10.5. The quantitative estimate of drug-likeness (QED) is 0.774. The molecule has 1 heterocycles. The molecule has 0 aromatic heterocycles. The van der Waals surface area contributed by atoms with E-state index in [9.17, 15) is 9.59 Å². The molecule has 0 saturated carbocycles. The number of methoxy groups -OCH3 is 2. The molecule has 1 atom stereocenters. The third-order valence-electron chi connectivity index (χ3n) is 4.43. The number of carbonyl (C=O) groups is 2. The van der Waals surface area contributed by atoms with Crippen molar-refractivity contribution in [3.63, 3.8) is 0 Å². The number of para-hydroxylation sites is 1. The van der Waals surface area contributed by atoms with Gasteiger partial charge in [0.2, 0.25) is 5.91 Å². The summed E-state index contributed by atoms with van der Waals surface area (Å²) in [4.78, 5) is 26.1. The van der Waals surface area contributed by atoms with E-state index in [0.29, 0.717) is 24.5 Å². The lowest BCUT2D eigenvalue weighted by Crippen LogP contribution is -2.36. The van der Waals surface area contributed by atoms with Crippen molar-refractivity contribution in [1.82, 2.24) is 4.90 Å². The van der Waals surface area contributed by atoms with Crippen molar-refractivity contribution in [3.05, 3.63) is 54.1 Å². The minimum absolute atomic E-state index is 0.149. The van der Waals surface area contributed by atoms with E-state index in [1.807, 2.05) is 48.5 Å². The van der Waals surface area contributed by atoms with Crippen LogP contribution >= 0.6 is 0 Å². The smallest absolute Gasteiger partial charge is 0.252 e. The van der Waals surface area contributed by atoms with Crippen LogP contribution in [0.2, 0.25) is 0 Å². The van der Waals surface area contributed by atoms with Gasteiger partial charge in [0, 0.05) is 12.2 Å². The fraction of sp³-hybridized carbons (Fsp3) is 0.300. The van der Waals surface area contributed by atoms with Crippen molar-refractivity contribution in [1.29, 1.82) is 0 Å². The van der Waals surface area contributed by atoms with Gasteiger partial charge in [-0.05, 0) is 36.2 Å². The number of imide groups is 1. The van der Waals surface area contributed by atoms with Crippen LogP contribution in [-0.2, 0) is 16.0 Å². The van der Waals surface area contributed by atoms with E-state index >= 15 is 0 Å². The molecule has 2 aromatic carbocycles. The highest BCUT2D eigenvalue weighted by molar-refractivity contribution is 6.06. The number of anilines is 1. The van der Waals surface area contributed by atoms with Gasteiger partial charge in [-0.25, -0.2) is 0 Å². The molecule has 2 amide bonds. The highest BCUT2D eigenvalue weighted by Crippen LogP contribution is 2.28. The second-order valence-electron chi connectivity index (χ2n) is 6.09. The molecule has 1 aliphatic rings. The van der Waals surface area contributed by atoms with E-state index in [1.54, 1.807) is 14.2 Å². The van der Waals surface area contributed by atoms with Gasteiger partial charge < -0.3 is 14.8 Å². The van der Waals surface area contributed by atoms with Gasteiger partial charge in [-0.1, -0.05) is 24.3 Å². The zero-order valence-corrected chi connectivity index (χ0v) is 14.9. The van der Waals surface area contributed by atoms with Gasteiger partial charge in [-0.15, -0.1) is 0 Å². The van der Waals surface area contributed by atoms with Crippen LogP contribution in [0.3, 0.4) is 0 Å². The number of rotatable bonds is 7. The highest BCUT2D eigenvalue weighted by atomic mass is 16.5. The number of likely N-dealkylation sites (tertiary alicyclic amines) is 1. The number of ether oxygens (including phenoxy) is 2. The highest BCUT2D eigenvalue weighted by Gasteiger charge is 2.38. The van der Waals surface area contributed by atoms with Crippen LogP contribution in [0.25, 0.3) is 0 Å². The van der Waals surface area contributed by atoms with E-state index in [0.717, 1.165) is 11.3 Å². The van der Waals surface area contributed by atoms with Crippen LogP contribution in [0.15, 0.2) is 48.5 Å². The van der Waals surface area contributed by atoms with Crippen LogP contribution in [0.5, 0.6) is 11.5 Å². The van der Waals surface area contributed by atoms with E-state index in [1.165, 1.54) is 4.90 Å². The summed E-state index contributed by atoms with van der Waals surface area (Å²) in [6.07, 6.45) is 0.746. The molecule has 1 N–H and O–H groups in total. The number of nitrogens with zero attached hydrogens (tertiary/aromatic N) is 1. The first-order valence-electron chi connectivity index (χ1n) is 8.49. The van der Waals surface area contributed by atoms with Gasteiger partial charge in [-0.3, -0.25) is 14.5 Å². The second-order valence-corrected chi connectivity index (χ2v) is 6.09. The first-order valence-corrected chi connectivity index (χ1v) is 8.49. The van der Waals surface area contributed by atoms with E-state index in [4.69, 9.17) is 9.47 Å². The van der Waals surface area contributed by atoms with Crippen LogP contribution in [0.4, 0.5) is 5.69 Å². The first-order chi connectivity index (χ1) is 12.6. The maximum Gasteiger partial charge on any atom is 0.252 e. The molecule has 2 aromatic rings.